The smallest absolute Gasteiger partial charge is 0.306 e. The molecule has 0 rings (SSSR count). The van der Waals surface area contributed by atoms with Gasteiger partial charge in [-0.05, 0) is 18.8 Å². The van der Waals surface area contributed by atoms with E-state index in [1.165, 1.54) is 0 Å². The highest BCUT2D eigenvalue weighted by Gasteiger charge is 2.06. The molecule has 0 aromatic rings. The molecule has 0 spiro atoms. The number of carbonyl (C=O) groups excluding carboxylic acids is 2. The van der Waals surface area contributed by atoms with Crippen molar-refractivity contribution in [1.82, 2.24) is 0 Å². The number of carbonyl (C=O) groups is 2. The van der Waals surface area contributed by atoms with Crippen LogP contribution in [-0.2, 0) is 14.3 Å². The van der Waals surface area contributed by atoms with Crippen LogP contribution in [0, 0.1) is 5.92 Å². The Hall–Kier alpha value is -0.610. The Labute approximate surface area is 103 Å². The third kappa shape index (κ3) is 11.5. The summed E-state index contributed by atoms with van der Waals surface area (Å²) in [4.78, 5) is 21.9. The second kappa shape index (κ2) is 10.9. The molecule has 4 nitrogen and oxygen atoms in total. The van der Waals surface area contributed by atoms with Crippen LogP contribution in [0.4, 0.5) is 0 Å². The normalized spacial score (nSPS) is 9.75. The number of rotatable bonds is 8. The summed E-state index contributed by atoms with van der Waals surface area (Å²) in [6.07, 6.45) is 2.28. The summed E-state index contributed by atoms with van der Waals surface area (Å²) in [5.74, 6) is 0.220. The molecule has 0 atom stereocenters. The fourth-order valence-corrected chi connectivity index (χ4v) is 1.09. The molecule has 0 radical (unpaired) electrons. The van der Waals surface area contributed by atoms with Crippen molar-refractivity contribution in [1.29, 1.82) is 0 Å². The van der Waals surface area contributed by atoms with Crippen LogP contribution in [0.25, 0.3) is 0 Å². The van der Waals surface area contributed by atoms with Crippen molar-refractivity contribution in [3.05, 3.63) is 0 Å². The zero-order valence-corrected chi connectivity index (χ0v) is 10.8. The highest BCUT2D eigenvalue weighted by Crippen LogP contribution is 2.04. The van der Waals surface area contributed by atoms with E-state index in [9.17, 15) is 9.59 Å². The minimum Gasteiger partial charge on any atom is -0.466 e. The molecule has 2 N–H and O–H groups in total. The lowest BCUT2D eigenvalue weighted by Crippen LogP contribution is -2.15. The number of halogens is 1. The van der Waals surface area contributed by atoms with Gasteiger partial charge in [-0.15, -0.1) is 12.4 Å². The van der Waals surface area contributed by atoms with Crippen molar-refractivity contribution in [2.24, 2.45) is 11.7 Å². The first-order valence-corrected chi connectivity index (χ1v) is 5.43. The van der Waals surface area contributed by atoms with Crippen molar-refractivity contribution < 1.29 is 14.3 Å². The zero-order valence-electron chi connectivity index (χ0n) is 10.0. The van der Waals surface area contributed by atoms with Crippen molar-refractivity contribution in [2.45, 2.75) is 39.5 Å². The Balaban J connectivity index is 0. The van der Waals surface area contributed by atoms with Gasteiger partial charge in [0.2, 0.25) is 0 Å². The number of nitrogens with two attached hydrogens (primary N) is 1. The monoisotopic (exact) mass is 251 g/mol. The highest BCUT2D eigenvalue weighted by molar-refractivity contribution is 5.85. The third-order valence-corrected chi connectivity index (χ3v) is 2.02. The van der Waals surface area contributed by atoms with E-state index < -0.39 is 0 Å². The van der Waals surface area contributed by atoms with Crippen molar-refractivity contribution in [3.63, 3.8) is 0 Å². The average molecular weight is 252 g/mol. The summed E-state index contributed by atoms with van der Waals surface area (Å²) < 4.78 is 4.96. The molecule has 0 saturated carbocycles. The standard InChI is InChI=1S/C11H21NO3.ClH/c1-9(2)4-3-7-15-11(14)6-5-10(13)8-12;/h9H,3-8,12H2,1-2H3;1H. The Morgan fingerprint density at radius 1 is 1.25 bits per heavy atom. The second-order valence-corrected chi connectivity index (χ2v) is 4.00. The Morgan fingerprint density at radius 2 is 1.88 bits per heavy atom. The van der Waals surface area contributed by atoms with Gasteiger partial charge in [0.1, 0.15) is 5.78 Å². The topological polar surface area (TPSA) is 69.4 Å². The van der Waals surface area contributed by atoms with Crippen LogP contribution in [0.15, 0.2) is 0 Å². The SMILES string of the molecule is CC(C)CCCOC(=O)CCC(=O)CN.Cl. The predicted octanol–water partition coefficient (Wildman–Crippen LogP) is 1.70. The average Bonchev–Trinajstić information content (AvgIpc) is 2.20. The van der Waals surface area contributed by atoms with Gasteiger partial charge in [-0.3, -0.25) is 9.59 Å². The van der Waals surface area contributed by atoms with Gasteiger partial charge in [-0.1, -0.05) is 13.8 Å². The fourth-order valence-electron chi connectivity index (χ4n) is 1.09. The molecule has 0 aromatic carbocycles. The van der Waals surface area contributed by atoms with Gasteiger partial charge in [-0.25, -0.2) is 0 Å². The van der Waals surface area contributed by atoms with Gasteiger partial charge in [0.15, 0.2) is 0 Å². The van der Waals surface area contributed by atoms with Crippen LogP contribution < -0.4 is 5.73 Å². The molecule has 0 unspecified atom stereocenters. The molecular weight excluding hydrogens is 230 g/mol. The first kappa shape index (κ1) is 17.8. The van der Waals surface area contributed by atoms with Gasteiger partial charge in [0.05, 0.1) is 19.6 Å². The van der Waals surface area contributed by atoms with Gasteiger partial charge in [0, 0.05) is 6.42 Å². The first-order valence-electron chi connectivity index (χ1n) is 5.43. The molecular formula is C11H22ClNO3. The van der Waals surface area contributed by atoms with E-state index in [1.807, 2.05) is 0 Å². The molecule has 0 aromatic heterocycles. The number of ketones is 1. The van der Waals surface area contributed by atoms with Crippen LogP contribution >= 0.6 is 12.4 Å². The second-order valence-electron chi connectivity index (χ2n) is 4.00. The lowest BCUT2D eigenvalue weighted by Gasteiger charge is -2.05. The number of hydrogen-bond donors (Lipinski definition) is 1. The lowest BCUT2D eigenvalue weighted by molar-refractivity contribution is -0.144. The van der Waals surface area contributed by atoms with E-state index in [0.29, 0.717) is 12.5 Å². The molecule has 5 heteroatoms. The largest absolute Gasteiger partial charge is 0.466 e. The van der Waals surface area contributed by atoms with Gasteiger partial charge in [-0.2, -0.15) is 0 Å². The number of hydrogen-bond acceptors (Lipinski definition) is 4. The van der Waals surface area contributed by atoms with Gasteiger partial charge >= 0.3 is 5.97 Å². The molecule has 0 saturated heterocycles. The van der Waals surface area contributed by atoms with E-state index in [1.54, 1.807) is 0 Å². The number of Topliss-reactive ketones (excluding diaryl/α,β-unsaturated/α-hetero) is 1. The quantitative estimate of drug-likeness (QED) is 0.527. The molecule has 16 heavy (non-hydrogen) atoms. The summed E-state index contributed by atoms with van der Waals surface area (Å²) in [5, 5.41) is 0. The van der Waals surface area contributed by atoms with Gasteiger partial charge < -0.3 is 10.5 Å². The Kier molecular flexibility index (Phi) is 12.1. The Bertz CT molecular complexity index is 207. The first-order chi connectivity index (χ1) is 7.06. The van der Waals surface area contributed by atoms with Crippen molar-refractivity contribution in [3.8, 4) is 0 Å². The minimum absolute atomic E-state index is 0. The van der Waals surface area contributed by atoms with E-state index in [2.05, 4.69) is 13.8 Å². The highest BCUT2D eigenvalue weighted by atomic mass is 35.5. The summed E-state index contributed by atoms with van der Waals surface area (Å²) in [5.41, 5.74) is 5.11. The zero-order chi connectivity index (χ0) is 11.7. The maximum atomic E-state index is 11.1. The van der Waals surface area contributed by atoms with E-state index in [-0.39, 0.29) is 43.5 Å². The summed E-state index contributed by atoms with van der Waals surface area (Å²) in [6, 6.07) is 0. The maximum Gasteiger partial charge on any atom is 0.306 e. The van der Waals surface area contributed by atoms with Crippen LogP contribution in [0.5, 0.6) is 0 Å². The summed E-state index contributed by atoms with van der Waals surface area (Å²) >= 11 is 0. The Morgan fingerprint density at radius 3 is 2.38 bits per heavy atom. The maximum absolute atomic E-state index is 11.1. The van der Waals surface area contributed by atoms with E-state index in [4.69, 9.17) is 10.5 Å². The van der Waals surface area contributed by atoms with Crippen molar-refractivity contribution in [2.75, 3.05) is 13.2 Å². The molecule has 0 aliphatic carbocycles. The molecule has 0 aliphatic rings. The molecule has 0 bridgehead atoms. The molecule has 96 valence electrons. The minimum atomic E-state index is -0.305. The lowest BCUT2D eigenvalue weighted by atomic mass is 10.1. The molecule has 0 fully saturated rings. The molecule has 0 amide bonds. The van der Waals surface area contributed by atoms with E-state index in [0.717, 1.165) is 12.8 Å². The van der Waals surface area contributed by atoms with Crippen LogP contribution in [0.3, 0.4) is 0 Å². The molecule has 0 aliphatic heterocycles. The fraction of sp³-hybridized carbons (Fsp3) is 0.818. The van der Waals surface area contributed by atoms with E-state index >= 15 is 0 Å². The molecule has 0 heterocycles. The van der Waals surface area contributed by atoms with Crippen LogP contribution in [0.1, 0.15) is 39.5 Å². The van der Waals surface area contributed by atoms with Crippen molar-refractivity contribution >= 4 is 24.2 Å². The number of ether oxygens (including phenoxy) is 1. The predicted molar refractivity (Wildman–Crippen MR) is 65.6 cm³/mol. The van der Waals surface area contributed by atoms with Gasteiger partial charge in [0.25, 0.3) is 0 Å². The summed E-state index contributed by atoms with van der Waals surface area (Å²) in [7, 11) is 0. The third-order valence-electron chi connectivity index (χ3n) is 2.02. The van der Waals surface area contributed by atoms with Crippen LogP contribution in [-0.4, -0.2) is 24.9 Å². The number of esters is 1. The van der Waals surface area contributed by atoms with Crippen LogP contribution in [0.2, 0.25) is 0 Å². The summed E-state index contributed by atoms with van der Waals surface area (Å²) in [6.45, 7) is 4.71.